The van der Waals surface area contributed by atoms with Gasteiger partial charge in [-0.05, 0) is 12.8 Å². The van der Waals surface area contributed by atoms with Gasteiger partial charge in [0.15, 0.2) is 5.92 Å². The zero-order valence-corrected chi connectivity index (χ0v) is 9.94. The molecule has 0 aliphatic heterocycles. The number of aromatic nitrogens is 1. The minimum absolute atomic E-state index is 0.0338. The molecule has 6 heteroatoms. The van der Waals surface area contributed by atoms with Crippen molar-refractivity contribution in [3.8, 4) is 0 Å². The molecule has 0 aromatic carbocycles. The van der Waals surface area contributed by atoms with Crippen LogP contribution in [0.25, 0.3) is 0 Å². The molecule has 92 valence electrons. The van der Waals surface area contributed by atoms with Crippen LogP contribution in [0.1, 0.15) is 35.9 Å². The van der Waals surface area contributed by atoms with E-state index >= 15 is 0 Å². The lowest BCUT2D eigenvalue weighted by Crippen LogP contribution is -2.25. The molecule has 1 fully saturated rings. The van der Waals surface area contributed by atoms with Gasteiger partial charge in [0.25, 0.3) is 0 Å². The fourth-order valence-electron chi connectivity index (χ4n) is 1.75. The van der Waals surface area contributed by atoms with Gasteiger partial charge in [-0.15, -0.1) is 11.3 Å². The normalized spacial score (nSPS) is 15.8. The Morgan fingerprint density at radius 1 is 1.41 bits per heavy atom. The molecule has 0 saturated heterocycles. The summed E-state index contributed by atoms with van der Waals surface area (Å²) in [5, 5.41) is 20.3. The van der Waals surface area contributed by atoms with Crippen LogP contribution in [0.15, 0.2) is 5.38 Å². The first kappa shape index (κ1) is 12.0. The highest BCUT2D eigenvalue weighted by molar-refractivity contribution is 7.09. The Labute approximate surface area is 102 Å². The first-order chi connectivity index (χ1) is 8.08. The van der Waals surface area contributed by atoms with Gasteiger partial charge >= 0.3 is 11.9 Å². The number of hydrogen-bond donors (Lipinski definition) is 2. The van der Waals surface area contributed by atoms with Crippen LogP contribution in [0.3, 0.4) is 0 Å². The van der Waals surface area contributed by atoms with Crippen molar-refractivity contribution in [2.24, 2.45) is 5.92 Å². The Hall–Kier alpha value is -1.43. The Morgan fingerprint density at radius 3 is 2.53 bits per heavy atom. The Kier molecular flexibility index (Phi) is 3.42. The summed E-state index contributed by atoms with van der Waals surface area (Å²) in [4.78, 5) is 25.8. The van der Waals surface area contributed by atoms with Crippen LogP contribution in [0.5, 0.6) is 0 Å². The molecule has 5 nitrogen and oxygen atoms in total. The molecule has 0 amide bonds. The summed E-state index contributed by atoms with van der Waals surface area (Å²) in [5.74, 6) is -3.51. The van der Waals surface area contributed by atoms with Gasteiger partial charge < -0.3 is 10.2 Å². The first-order valence-electron chi connectivity index (χ1n) is 5.48. The first-order valence-corrected chi connectivity index (χ1v) is 6.36. The molecule has 1 saturated carbocycles. The van der Waals surface area contributed by atoms with Gasteiger partial charge in [0.05, 0.1) is 10.7 Å². The van der Waals surface area contributed by atoms with Crippen LogP contribution in [0, 0.1) is 5.92 Å². The summed E-state index contributed by atoms with van der Waals surface area (Å²) >= 11 is 1.50. The van der Waals surface area contributed by atoms with Gasteiger partial charge in [-0.2, -0.15) is 0 Å². The number of hydrogen-bond acceptors (Lipinski definition) is 4. The van der Waals surface area contributed by atoms with Crippen molar-refractivity contribution < 1.29 is 19.8 Å². The van der Waals surface area contributed by atoms with Crippen molar-refractivity contribution in [1.29, 1.82) is 0 Å². The highest BCUT2D eigenvalue weighted by Gasteiger charge is 2.28. The maximum absolute atomic E-state index is 10.7. The number of carbonyl (C=O) groups is 2. The summed E-state index contributed by atoms with van der Waals surface area (Å²) in [6.07, 6.45) is 3.45. The third kappa shape index (κ3) is 2.63. The highest BCUT2D eigenvalue weighted by Crippen LogP contribution is 2.37. The molecule has 1 aliphatic carbocycles. The maximum atomic E-state index is 10.7. The second-order valence-corrected chi connectivity index (χ2v) is 5.13. The van der Waals surface area contributed by atoms with Gasteiger partial charge in [-0.25, -0.2) is 4.98 Å². The van der Waals surface area contributed by atoms with Crippen molar-refractivity contribution in [3.63, 3.8) is 0 Å². The smallest absolute Gasteiger partial charge is 0.318 e. The summed E-state index contributed by atoms with van der Waals surface area (Å²) in [6, 6.07) is 0. The molecule has 1 aliphatic rings. The zero-order valence-electron chi connectivity index (χ0n) is 9.13. The van der Waals surface area contributed by atoms with E-state index in [4.69, 9.17) is 10.2 Å². The SMILES string of the molecule is O=C(O)C(Cc1csc(C2CCC2)n1)C(=O)O. The van der Waals surface area contributed by atoms with E-state index < -0.39 is 17.9 Å². The van der Waals surface area contributed by atoms with Crippen LogP contribution < -0.4 is 0 Å². The second kappa shape index (κ2) is 4.83. The Bertz CT molecular complexity index is 424. The molecule has 17 heavy (non-hydrogen) atoms. The summed E-state index contributed by atoms with van der Waals surface area (Å²) in [7, 11) is 0. The quantitative estimate of drug-likeness (QED) is 0.782. The zero-order chi connectivity index (χ0) is 12.4. The lowest BCUT2D eigenvalue weighted by atomic mass is 9.86. The van der Waals surface area contributed by atoms with E-state index in [0.29, 0.717) is 11.6 Å². The van der Waals surface area contributed by atoms with E-state index in [1.807, 2.05) is 0 Å². The maximum Gasteiger partial charge on any atom is 0.318 e. The number of rotatable bonds is 5. The summed E-state index contributed by atoms with van der Waals surface area (Å²) in [5.41, 5.74) is 0.576. The van der Waals surface area contributed by atoms with Gasteiger partial charge in [0, 0.05) is 17.7 Å². The van der Waals surface area contributed by atoms with E-state index in [1.54, 1.807) is 5.38 Å². The van der Waals surface area contributed by atoms with Crippen molar-refractivity contribution in [2.45, 2.75) is 31.6 Å². The number of aliphatic carboxylic acids is 2. The molecule has 1 aromatic heterocycles. The molecule has 0 bridgehead atoms. The van der Waals surface area contributed by atoms with E-state index in [2.05, 4.69) is 4.98 Å². The van der Waals surface area contributed by atoms with Gasteiger partial charge in [-0.1, -0.05) is 6.42 Å². The van der Waals surface area contributed by atoms with Crippen molar-refractivity contribution in [1.82, 2.24) is 4.98 Å². The van der Waals surface area contributed by atoms with Crippen LogP contribution >= 0.6 is 11.3 Å². The van der Waals surface area contributed by atoms with Crippen molar-refractivity contribution in [3.05, 3.63) is 16.1 Å². The van der Waals surface area contributed by atoms with Crippen LogP contribution in [0.2, 0.25) is 0 Å². The topological polar surface area (TPSA) is 87.5 Å². The molecule has 0 radical (unpaired) electrons. The number of thiazole rings is 1. The Morgan fingerprint density at radius 2 is 2.06 bits per heavy atom. The molecule has 2 N–H and O–H groups in total. The largest absolute Gasteiger partial charge is 0.481 e. The fraction of sp³-hybridized carbons (Fsp3) is 0.545. The molecule has 2 rings (SSSR count). The van der Waals surface area contributed by atoms with Crippen molar-refractivity contribution in [2.75, 3.05) is 0 Å². The van der Waals surface area contributed by atoms with Crippen LogP contribution in [0.4, 0.5) is 0 Å². The lowest BCUT2D eigenvalue weighted by Gasteiger charge is -2.22. The van der Waals surface area contributed by atoms with Crippen molar-refractivity contribution >= 4 is 23.3 Å². The molecule has 1 aromatic rings. The third-order valence-electron chi connectivity index (χ3n) is 3.03. The molecule has 0 atom stereocenters. The number of carboxylic acids is 2. The minimum atomic E-state index is -1.40. The van der Waals surface area contributed by atoms with Gasteiger partial charge in [0.2, 0.25) is 0 Å². The van der Waals surface area contributed by atoms with E-state index in [-0.39, 0.29) is 6.42 Å². The van der Waals surface area contributed by atoms with E-state index in [0.717, 1.165) is 17.8 Å². The predicted octanol–water partition coefficient (Wildman–Crippen LogP) is 1.74. The Balaban J connectivity index is 2.04. The number of carboxylic acid groups (broad SMARTS) is 2. The fourth-order valence-corrected chi connectivity index (χ4v) is 2.75. The van der Waals surface area contributed by atoms with Gasteiger partial charge in [0.1, 0.15) is 0 Å². The third-order valence-corrected chi connectivity index (χ3v) is 4.09. The number of nitrogens with zero attached hydrogens (tertiary/aromatic N) is 1. The molecular formula is C11H13NO4S. The second-order valence-electron chi connectivity index (χ2n) is 4.24. The average Bonchev–Trinajstić information content (AvgIpc) is 2.58. The lowest BCUT2D eigenvalue weighted by molar-refractivity contribution is -0.154. The van der Waals surface area contributed by atoms with Crippen LogP contribution in [-0.4, -0.2) is 27.1 Å². The molecule has 0 unspecified atom stereocenters. The standard InChI is InChI=1S/C11H13NO4S/c13-10(14)8(11(15)16)4-7-5-17-9(12-7)6-2-1-3-6/h5-6,8H,1-4H2,(H,13,14)(H,15,16). The average molecular weight is 255 g/mol. The summed E-state index contributed by atoms with van der Waals surface area (Å²) in [6.45, 7) is 0. The molecule has 1 heterocycles. The monoisotopic (exact) mass is 255 g/mol. The minimum Gasteiger partial charge on any atom is -0.481 e. The summed E-state index contributed by atoms with van der Waals surface area (Å²) < 4.78 is 0. The van der Waals surface area contributed by atoms with E-state index in [1.165, 1.54) is 17.8 Å². The van der Waals surface area contributed by atoms with E-state index in [9.17, 15) is 9.59 Å². The predicted molar refractivity (Wildman–Crippen MR) is 61.2 cm³/mol. The molecular weight excluding hydrogens is 242 g/mol. The highest BCUT2D eigenvalue weighted by atomic mass is 32.1. The molecule has 0 spiro atoms. The van der Waals surface area contributed by atoms with Gasteiger partial charge in [-0.3, -0.25) is 9.59 Å². The van der Waals surface area contributed by atoms with Crippen LogP contribution in [-0.2, 0) is 16.0 Å².